The summed E-state index contributed by atoms with van der Waals surface area (Å²) in [5.41, 5.74) is 1.79. The zero-order valence-corrected chi connectivity index (χ0v) is 11.3. The highest BCUT2D eigenvalue weighted by molar-refractivity contribution is 5.32. The molecule has 0 aliphatic heterocycles. The summed E-state index contributed by atoms with van der Waals surface area (Å²) < 4.78 is 5.62. The Morgan fingerprint density at radius 1 is 1.11 bits per heavy atom. The molecule has 0 saturated carbocycles. The van der Waals surface area contributed by atoms with Gasteiger partial charge in [0.05, 0.1) is 18.2 Å². The summed E-state index contributed by atoms with van der Waals surface area (Å²) in [6.07, 6.45) is 7.72. The van der Waals surface area contributed by atoms with Crippen LogP contribution in [0.5, 0.6) is 0 Å². The number of benzene rings is 1. The third-order valence-electron chi connectivity index (χ3n) is 2.97. The molecular weight excluding hydrogens is 222 g/mol. The topological polar surface area (TPSA) is 33.0 Å². The molecule has 0 saturated heterocycles. The molecule has 1 aromatic rings. The largest absolute Gasteiger partial charge is 0.377 e. The summed E-state index contributed by atoms with van der Waals surface area (Å²) in [6.45, 7) is 3.67. The van der Waals surface area contributed by atoms with E-state index in [1.807, 2.05) is 24.3 Å². The fourth-order valence-corrected chi connectivity index (χ4v) is 1.91. The van der Waals surface area contributed by atoms with Gasteiger partial charge in [0.2, 0.25) is 0 Å². The first-order valence-electron chi connectivity index (χ1n) is 6.93. The van der Waals surface area contributed by atoms with Gasteiger partial charge in [-0.15, -0.1) is 0 Å². The van der Waals surface area contributed by atoms with Crippen molar-refractivity contribution >= 4 is 0 Å². The van der Waals surface area contributed by atoms with Crippen molar-refractivity contribution in [3.05, 3.63) is 35.4 Å². The van der Waals surface area contributed by atoms with E-state index in [-0.39, 0.29) is 0 Å². The highest BCUT2D eigenvalue weighted by atomic mass is 16.5. The molecule has 0 spiro atoms. The number of nitrogens with zero attached hydrogens (tertiary/aromatic N) is 1. The number of hydrogen-bond acceptors (Lipinski definition) is 2. The van der Waals surface area contributed by atoms with Crippen LogP contribution >= 0.6 is 0 Å². The first kappa shape index (κ1) is 14.7. The van der Waals surface area contributed by atoms with Crippen molar-refractivity contribution in [1.82, 2.24) is 0 Å². The highest BCUT2D eigenvalue weighted by Crippen LogP contribution is 2.08. The lowest BCUT2D eigenvalue weighted by molar-refractivity contribution is 0.116. The molecule has 1 aromatic carbocycles. The molecule has 0 bridgehead atoms. The lowest BCUT2D eigenvalue weighted by Gasteiger charge is -2.04. The van der Waals surface area contributed by atoms with E-state index in [1.54, 1.807) is 0 Å². The summed E-state index contributed by atoms with van der Waals surface area (Å²) in [5, 5.41) is 8.78. The van der Waals surface area contributed by atoms with Gasteiger partial charge in [-0.3, -0.25) is 0 Å². The molecule has 0 atom stereocenters. The van der Waals surface area contributed by atoms with Gasteiger partial charge < -0.3 is 4.74 Å². The minimum Gasteiger partial charge on any atom is -0.377 e. The van der Waals surface area contributed by atoms with Crippen molar-refractivity contribution in [1.29, 1.82) is 5.26 Å². The summed E-state index contributed by atoms with van der Waals surface area (Å²) in [4.78, 5) is 0. The average Bonchev–Trinajstić information content (AvgIpc) is 2.42. The standard InChI is InChI=1S/C16H23NO/c1-2-3-4-5-6-7-11-18-14-16-10-8-9-15(12-16)13-17/h8-10,12H,2-7,11,14H2,1H3. The second-order valence-corrected chi connectivity index (χ2v) is 4.63. The van der Waals surface area contributed by atoms with Crippen molar-refractivity contribution < 1.29 is 4.74 Å². The predicted octanol–water partition coefficient (Wildman–Crippen LogP) is 4.44. The van der Waals surface area contributed by atoms with E-state index >= 15 is 0 Å². The van der Waals surface area contributed by atoms with E-state index in [9.17, 15) is 0 Å². The van der Waals surface area contributed by atoms with E-state index < -0.39 is 0 Å². The summed E-state index contributed by atoms with van der Waals surface area (Å²) in [5.74, 6) is 0. The number of nitriles is 1. The molecule has 0 unspecified atom stereocenters. The van der Waals surface area contributed by atoms with E-state index in [0.29, 0.717) is 12.2 Å². The Kier molecular flexibility index (Phi) is 7.92. The molecule has 2 heteroatoms. The van der Waals surface area contributed by atoms with Crippen molar-refractivity contribution in [2.45, 2.75) is 52.1 Å². The van der Waals surface area contributed by atoms with Crippen LogP contribution in [0.25, 0.3) is 0 Å². The Labute approximate surface area is 111 Å². The van der Waals surface area contributed by atoms with Gasteiger partial charge >= 0.3 is 0 Å². The Balaban J connectivity index is 2.05. The van der Waals surface area contributed by atoms with Gasteiger partial charge in [0.15, 0.2) is 0 Å². The van der Waals surface area contributed by atoms with Crippen LogP contribution < -0.4 is 0 Å². The van der Waals surface area contributed by atoms with Crippen LogP contribution in [-0.2, 0) is 11.3 Å². The molecule has 0 aliphatic carbocycles. The third kappa shape index (κ3) is 6.42. The monoisotopic (exact) mass is 245 g/mol. The van der Waals surface area contributed by atoms with Crippen molar-refractivity contribution in [2.75, 3.05) is 6.61 Å². The number of hydrogen-bond donors (Lipinski definition) is 0. The molecule has 0 fully saturated rings. The quantitative estimate of drug-likeness (QED) is 0.603. The van der Waals surface area contributed by atoms with Gasteiger partial charge in [0.25, 0.3) is 0 Å². The lowest BCUT2D eigenvalue weighted by atomic mass is 10.1. The second-order valence-electron chi connectivity index (χ2n) is 4.63. The molecule has 2 nitrogen and oxygen atoms in total. The Morgan fingerprint density at radius 2 is 1.89 bits per heavy atom. The van der Waals surface area contributed by atoms with E-state index in [2.05, 4.69) is 13.0 Å². The summed E-state index contributed by atoms with van der Waals surface area (Å²) in [6, 6.07) is 9.76. The van der Waals surface area contributed by atoms with Crippen molar-refractivity contribution in [2.24, 2.45) is 0 Å². The fraction of sp³-hybridized carbons (Fsp3) is 0.562. The van der Waals surface area contributed by atoms with Crippen LogP contribution in [0.15, 0.2) is 24.3 Å². The maximum absolute atomic E-state index is 8.78. The Hall–Kier alpha value is -1.33. The highest BCUT2D eigenvalue weighted by Gasteiger charge is 1.96. The Morgan fingerprint density at radius 3 is 2.67 bits per heavy atom. The molecule has 0 heterocycles. The summed E-state index contributed by atoms with van der Waals surface area (Å²) >= 11 is 0. The van der Waals surface area contributed by atoms with Crippen LogP contribution in [0.4, 0.5) is 0 Å². The van der Waals surface area contributed by atoms with Crippen LogP contribution in [0.2, 0.25) is 0 Å². The van der Waals surface area contributed by atoms with Gasteiger partial charge in [-0.1, -0.05) is 51.2 Å². The molecule has 98 valence electrons. The zero-order chi connectivity index (χ0) is 13.1. The molecule has 0 aliphatic rings. The predicted molar refractivity (Wildman–Crippen MR) is 74.2 cm³/mol. The Bertz CT molecular complexity index is 368. The molecular formula is C16H23NO. The van der Waals surface area contributed by atoms with E-state index in [0.717, 1.165) is 18.6 Å². The molecule has 18 heavy (non-hydrogen) atoms. The van der Waals surface area contributed by atoms with Crippen molar-refractivity contribution in [3.8, 4) is 6.07 Å². The molecule has 0 radical (unpaired) electrons. The van der Waals surface area contributed by atoms with Crippen LogP contribution in [0.1, 0.15) is 56.6 Å². The molecule has 0 aromatic heterocycles. The normalized spacial score (nSPS) is 10.2. The van der Waals surface area contributed by atoms with Crippen LogP contribution in [-0.4, -0.2) is 6.61 Å². The second kappa shape index (κ2) is 9.67. The first-order valence-corrected chi connectivity index (χ1v) is 6.93. The van der Waals surface area contributed by atoms with Gasteiger partial charge in [0, 0.05) is 6.61 Å². The number of unbranched alkanes of at least 4 members (excludes halogenated alkanes) is 5. The minimum absolute atomic E-state index is 0.616. The van der Waals surface area contributed by atoms with Crippen LogP contribution in [0.3, 0.4) is 0 Å². The average molecular weight is 245 g/mol. The van der Waals surface area contributed by atoms with Crippen molar-refractivity contribution in [3.63, 3.8) is 0 Å². The SMILES string of the molecule is CCCCCCCCOCc1cccc(C#N)c1. The summed E-state index contributed by atoms with van der Waals surface area (Å²) in [7, 11) is 0. The molecule has 1 rings (SSSR count). The zero-order valence-electron chi connectivity index (χ0n) is 11.3. The minimum atomic E-state index is 0.616. The van der Waals surface area contributed by atoms with Gasteiger partial charge in [0.1, 0.15) is 0 Å². The van der Waals surface area contributed by atoms with Gasteiger partial charge in [-0.05, 0) is 24.1 Å². The van der Waals surface area contributed by atoms with Gasteiger partial charge in [-0.25, -0.2) is 0 Å². The van der Waals surface area contributed by atoms with Crippen LogP contribution in [0, 0.1) is 11.3 Å². The first-order chi connectivity index (χ1) is 8.86. The van der Waals surface area contributed by atoms with Gasteiger partial charge in [-0.2, -0.15) is 5.26 Å². The number of rotatable bonds is 9. The molecule has 0 N–H and O–H groups in total. The smallest absolute Gasteiger partial charge is 0.0991 e. The maximum Gasteiger partial charge on any atom is 0.0991 e. The van der Waals surface area contributed by atoms with E-state index in [4.69, 9.17) is 10.00 Å². The third-order valence-corrected chi connectivity index (χ3v) is 2.97. The lowest BCUT2D eigenvalue weighted by Crippen LogP contribution is -1.96. The maximum atomic E-state index is 8.78. The fourth-order valence-electron chi connectivity index (χ4n) is 1.91. The molecule has 0 amide bonds. The number of ether oxygens (including phenoxy) is 1. The van der Waals surface area contributed by atoms with E-state index in [1.165, 1.54) is 32.1 Å².